The maximum absolute atomic E-state index is 12.3. The van der Waals surface area contributed by atoms with E-state index in [0.717, 1.165) is 32.4 Å². The molecule has 1 aliphatic rings. The highest BCUT2D eigenvalue weighted by molar-refractivity contribution is 5.92. The molecule has 2 heterocycles. The van der Waals surface area contributed by atoms with Gasteiger partial charge in [0, 0.05) is 25.2 Å². The normalized spacial score (nSPS) is 22.8. The van der Waals surface area contributed by atoms with Crippen LogP contribution in [0, 0.1) is 0 Å². The second-order valence-corrected chi connectivity index (χ2v) is 5.74. The van der Waals surface area contributed by atoms with E-state index in [1.165, 1.54) is 6.20 Å². The third-order valence-corrected chi connectivity index (χ3v) is 3.97. The van der Waals surface area contributed by atoms with E-state index >= 15 is 0 Å². The Morgan fingerprint density at radius 1 is 1.48 bits per heavy atom. The zero-order valence-corrected chi connectivity index (χ0v) is 13.1. The van der Waals surface area contributed by atoms with Gasteiger partial charge in [0.15, 0.2) is 0 Å². The molecular weight excluding hydrogens is 266 g/mol. The van der Waals surface area contributed by atoms with Crippen LogP contribution in [0.3, 0.4) is 0 Å². The summed E-state index contributed by atoms with van der Waals surface area (Å²) in [5.74, 6) is 0.519. The van der Waals surface area contributed by atoms with Gasteiger partial charge in [0.05, 0.1) is 12.4 Å². The number of hydrogen-bond acceptors (Lipinski definition) is 5. The smallest absolute Gasteiger partial charge is 0.271 e. The molecule has 116 valence electrons. The van der Waals surface area contributed by atoms with Gasteiger partial charge in [-0.1, -0.05) is 6.92 Å². The Morgan fingerprint density at radius 2 is 2.29 bits per heavy atom. The topological polar surface area (TPSA) is 70.2 Å². The molecular formula is C15H25N5O. The van der Waals surface area contributed by atoms with Crippen LogP contribution in [0.15, 0.2) is 12.4 Å². The number of rotatable bonds is 5. The molecule has 0 spiro atoms. The summed E-state index contributed by atoms with van der Waals surface area (Å²) in [4.78, 5) is 23.0. The van der Waals surface area contributed by atoms with Gasteiger partial charge in [0.1, 0.15) is 11.5 Å². The lowest BCUT2D eigenvalue weighted by atomic mass is 9.99. The number of piperidine rings is 1. The number of nitrogens with zero attached hydrogens (tertiary/aromatic N) is 3. The minimum Gasteiger partial charge on any atom is -0.369 e. The highest BCUT2D eigenvalue weighted by Gasteiger charge is 2.24. The minimum absolute atomic E-state index is 0.135. The van der Waals surface area contributed by atoms with Gasteiger partial charge in [-0.05, 0) is 33.2 Å². The summed E-state index contributed by atoms with van der Waals surface area (Å²) in [6.45, 7) is 6.10. The fraction of sp³-hybridized carbons (Fsp3) is 0.667. The Hall–Kier alpha value is -1.69. The van der Waals surface area contributed by atoms with Crippen molar-refractivity contribution in [2.75, 3.05) is 25.5 Å². The lowest BCUT2D eigenvalue weighted by Crippen LogP contribution is -2.47. The highest BCUT2D eigenvalue weighted by Crippen LogP contribution is 2.15. The first-order valence-corrected chi connectivity index (χ1v) is 7.67. The first kappa shape index (κ1) is 15.7. The lowest BCUT2D eigenvalue weighted by molar-refractivity contribution is 0.0891. The van der Waals surface area contributed by atoms with Crippen LogP contribution >= 0.6 is 0 Å². The fourth-order valence-corrected chi connectivity index (χ4v) is 2.49. The number of likely N-dealkylation sites (tertiary alicyclic amines) is 1. The molecule has 0 aliphatic carbocycles. The zero-order chi connectivity index (χ0) is 15.2. The van der Waals surface area contributed by atoms with Crippen molar-refractivity contribution in [1.82, 2.24) is 20.2 Å². The molecule has 0 bridgehead atoms. The van der Waals surface area contributed by atoms with Gasteiger partial charge in [-0.3, -0.25) is 9.78 Å². The Balaban J connectivity index is 1.94. The molecule has 0 saturated carbocycles. The fourth-order valence-electron chi connectivity index (χ4n) is 2.49. The second kappa shape index (κ2) is 7.36. The van der Waals surface area contributed by atoms with Gasteiger partial charge >= 0.3 is 0 Å². The summed E-state index contributed by atoms with van der Waals surface area (Å²) in [6, 6.07) is 0.713. The van der Waals surface area contributed by atoms with Crippen LogP contribution in [0.1, 0.15) is 43.6 Å². The maximum atomic E-state index is 12.3. The molecule has 1 aromatic heterocycles. The molecule has 1 amide bonds. The van der Waals surface area contributed by atoms with E-state index in [1.54, 1.807) is 6.20 Å². The first-order valence-electron chi connectivity index (χ1n) is 7.67. The summed E-state index contributed by atoms with van der Waals surface area (Å²) < 4.78 is 0. The van der Waals surface area contributed by atoms with E-state index < -0.39 is 0 Å². The van der Waals surface area contributed by atoms with Crippen LogP contribution in [0.4, 0.5) is 5.82 Å². The number of anilines is 1. The van der Waals surface area contributed by atoms with E-state index in [0.29, 0.717) is 17.6 Å². The predicted molar refractivity (Wildman–Crippen MR) is 83.4 cm³/mol. The molecule has 1 fully saturated rings. The van der Waals surface area contributed by atoms with Crippen molar-refractivity contribution in [2.24, 2.45) is 0 Å². The molecule has 1 saturated heterocycles. The lowest BCUT2D eigenvalue weighted by Gasteiger charge is -2.35. The number of nitrogens with one attached hydrogen (secondary N) is 2. The number of amides is 1. The minimum atomic E-state index is -0.135. The van der Waals surface area contributed by atoms with Gasteiger partial charge in [-0.15, -0.1) is 0 Å². The average molecular weight is 291 g/mol. The number of carbonyl (C=O) groups excluding carboxylic acids is 1. The molecule has 2 unspecified atom stereocenters. The van der Waals surface area contributed by atoms with Gasteiger partial charge < -0.3 is 15.5 Å². The molecule has 1 aliphatic heterocycles. The SMILES string of the molecule is CCCNc1cncc(C(=O)NC2CCN(C)C(C)C2)n1. The molecule has 6 heteroatoms. The quantitative estimate of drug-likeness (QED) is 0.860. The van der Waals surface area contributed by atoms with Crippen molar-refractivity contribution in [1.29, 1.82) is 0 Å². The number of carbonyl (C=O) groups is 1. The van der Waals surface area contributed by atoms with E-state index in [-0.39, 0.29) is 11.9 Å². The molecule has 0 aromatic carbocycles. The Kier molecular flexibility index (Phi) is 5.50. The van der Waals surface area contributed by atoms with Crippen molar-refractivity contribution < 1.29 is 4.79 Å². The largest absolute Gasteiger partial charge is 0.369 e. The monoisotopic (exact) mass is 291 g/mol. The van der Waals surface area contributed by atoms with Crippen molar-refractivity contribution in [3.63, 3.8) is 0 Å². The standard InChI is InChI=1S/C15H25N5O/c1-4-6-17-14-10-16-9-13(19-14)15(21)18-12-5-7-20(3)11(2)8-12/h9-12H,4-8H2,1-3H3,(H,17,19)(H,18,21). The summed E-state index contributed by atoms with van der Waals surface area (Å²) in [5.41, 5.74) is 0.377. The van der Waals surface area contributed by atoms with Crippen molar-refractivity contribution in [2.45, 2.75) is 45.2 Å². The number of hydrogen-bond donors (Lipinski definition) is 2. The Bertz CT molecular complexity index is 479. The highest BCUT2D eigenvalue weighted by atomic mass is 16.1. The van der Waals surface area contributed by atoms with Crippen molar-refractivity contribution in [3.05, 3.63) is 18.1 Å². The Morgan fingerprint density at radius 3 is 3.00 bits per heavy atom. The van der Waals surface area contributed by atoms with Gasteiger partial charge in [-0.2, -0.15) is 0 Å². The zero-order valence-electron chi connectivity index (χ0n) is 13.1. The van der Waals surface area contributed by atoms with Crippen LogP contribution < -0.4 is 10.6 Å². The Labute approximate surface area is 126 Å². The average Bonchev–Trinajstić information content (AvgIpc) is 2.49. The third kappa shape index (κ3) is 4.39. The second-order valence-electron chi connectivity index (χ2n) is 5.74. The maximum Gasteiger partial charge on any atom is 0.271 e. The summed E-state index contributed by atoms with van der Waals surface area (Å²) in [6.07, 6.45) is 6.12. The molecule has 1 aromatic rings. The number of aromatic nitrogens is 2. The van der Waals surface area contributed by atoms with Crippen molar-refractivity contribution in [3.8, 4) is 0 Å². The molecule has 21 heavy (non-hydrogen) atoms. The molecule has 0 radical (unpaired) electrons. The van der Waals surface area contributed by atoms with Crippen LogP contribution in [-0.4, -0.2) is 53.0 Å². The van der Waals surface area contributed by atoms with Crippen LogP contribution in [0.25, 0.3) is 0 Å². The van der Waals surface area contributed by atoms with Crippen LogP contribution in [0.2, 0.25) is 0 Å². The van der Waals surface area contributed by atoms with Crippen LogP contribution in [0.5, 0.6) is 0 Å². The summed E-state index contributed by atoms with van der Waals surface area (Å²) in [7, 11) is 2.12. The molecule has 2 N–H and O–H groups in total. The third-order valence-electron chi connectivity index (χ3n) is 3.97. The summed E-state index contributed by atoms with van der Waals surface area (Å²) >= 11 is 0. The van der Waals surface area contributed by atoms with E-state index in [9.17, 15) is 4.79 Å². The predicted octanol–water partition coefficient (Wildman–Crippen LogP) is 1.51. The van der Waals surface area contributed by atoms with E-state index in [2.05, 4.69) is 46.4 Å². The van der Waals surface area contributed by atoms with E-state index in [1.807, 2.05) is 0 Å². The first-order chi connectivity index (χ1) is 10.1. The molecule has 2 rings (SSSR count). The van der Waals surface area contributed by atoms with Gasteiger partial charge in [0.2, 0.25) is 0 Å². The summed E-state index contributed by atoms with van der Waals surface area (Å²) in [5, 5.41) is 6.22. The molecule has 2 atom stereocenters. The van der Waals surface area contributed by atoms with Gasteiger partial charge in [0.25, 0.3) is 5.91 Å². The van der Waals surface area contributed by atoms with Crippen molar-refractivity contribution >= 4 is 11.7 Å². The van der Waals surface area contributed by atoms with Crippen LogP contribution in [-0.2, 0) is 0 Å². The molecule has 6 nitrogen and oxygen atoms in total. The van der Waals surface area contributed by atoms with Gasteiger partial charge in [-0.25, -0.2) is 4.98 Å². The van der Waals surface area contributed by atoms with E-state index in [4.69, 9.17) is 0 Å².